The van der Waals surface area contributed by atoms with Crippen molar-refractivity contribution in [3.8, 4) is 5.88 Å². The zero-order valence-electron chi connectivity index (χ0n) is 15.5. The third-order valence-corrected chi connectivity index (χ3v) is 5.34. The number of carbonyl (C=O) groups excluding carboxylic acids is 1. The largest absolute Gasteiger partial charge is 0.479 e. The molecular weight excluding hydrogens is 454 g/mol. The number of amides is 1. The first kappa shape index (κ1) is 21.6. The molecule has 0 unspecified atom stereocenters. The number of likely N-dealkylation sites (N-methyl/N-ethyl adjacent to an activating group) is 1. The molecule has 146 valence electrons. The lowest BCUT2D eigenvalue weighted by molar-refractivity contribution is 0.0982. The molecule has 1 aromatic carbocycles. The smallest absolute Gasteiger partial charge is 0.267 e. The third kappa shape index (κ3) is 4.78. The number of aryl methyl sites for hydroxylation is 1. The van der Waals surface area contributed by atoms with Crippen molar-refractivity contribution < 1.29 is 9.53 Å². The Balaban J connectivity index is 0.00000261. The highest BCUT2D eigenvalue weighted by Crippen LogP contribution is 2.32. The number of halogens is 2. The molecule has 3 aromatic rings. The lowest BCUT2D eigenvalue weighted by Gasteiger charge is -2.21. The Hall–Kier alpha value is -1.68. The number of fused-ring (bicyclic) bond motifs is 1. The molecule has 2 aromatic heterocycles. The van der Waals surface area contributed by atoms with Gasteiger partial charge in [0.2, 0.25) is 5.88 Å². The number of carbonyl (C=O) groups is 1. The van der Waals surface area contributed by atoms with Gasteiger partial charge in [-0.25, -0.2) is 4.98 Å². The van der Waals surface area contributed by atoms with Crippen LogP contribution in [0.1, 0.15) is 10.4 Å². The number of nitrogens with zero attached hydrogens (tertiary/aromatic N) is 5. The molecule has 0 radical (unpaired) electrons. The van der Waals surface area contributed by atoms with Gasteiger partial charge in [-0.05, 0) is 32.3 Å². The van der Waals surface area contributed by atoms with E-state index in [0.29, 0.717) is 29.7 Å². The maximum Gasteiger partial charge on any atom is 0.267 e. The normalized spacial score (nSPS) is 10.9. The van der Waals surface area contributed by atoms with Crippen molar-refractivity contribution in [3.05, 3.63) is 34.4 Å². The molecule has 3 rings (SSSR count). The van der Waals surface area contributed by atoms with Gasteiger partial charge in [-0.15, -0.1) is 17.5 Å². The van der Waals surface area contributed by atoms with Gasteiger partial charge in [-0.3, -0.25) is 14.4 Å². The molecule has 0 aliphatic heterocycles. The van der Waals surface area contributed by atoms with Crippen LogP contribution in [0.25, 0.3) is 10.2 Å². The number of aromatic nitrogens is 3. The first-order valence-corrected chi connectivity index (χ1v) is 9.60. The van der Waals surface area contributed by atoms with E-state index in [4.69, 9.17) is 4.74 Å². The van der Waals surface area contributed by atoms with Crippen molar-refractivity contribution in [2.75, 3.05) is 39.2 Å². The standard InChI is InChI=1S/C17H20BrN5O2S.ClH/c1-21(2)7-8-23(16(24)12-10-22(3)20-15(12)25-4)17-19-13-6-5-11(18)9-14(13)26-17;/h5-6,9-10H,7-8H2,1-4H3;1H. The van der Waals surface area contributed by atoms with Crippen molar-refractivity contribution >= 4 is 60.9 Å². The Bertz CT molecular complexity index is 943. The van der Waals surface area contributed by atoms with E-state index in [1.807, 2.05) is 37.2 Å². The number of ether oxygens (including phenoxy) is 1. The van der Waals surface area contributed by atoms with Gasteiger partial charge in [-0.1, -0.05) is 27.3 Å². The van der Waals surface area contributed by atoms with Gasteiger partial charge in [0.25, 0.3) is 5.91 Å². The summed E-state index contributed by atoms with van der Waals surface area (Å²) in [7, 11) is 7.22. The molecule has 0 aliphatic rings. The van der Waals surface area contributed by atoms with Crippen LogP contribution in [0.5, 0.6) is 5.88 Å². The fraction of sp³-hybridized carbons (Fsp3) is 0.353. The van der Waals surface area contributed by atoms with Gasteiger partial charge in [0, 0.05) is 30.8 Å². The first-order chi connectivity index (χ1) is 12.4. The summed E-state index contributed by atoms with van der Waals surface area (Å²) in [5.74, 6) is 0.145. The lowest BCUT2D eigenvalue weighted by Crippen LogP contribution is -2.36. The third-order valence-electron chi connectivity index (χ3n) is 3.80. The van der Waals surface area contributed by atoms with Gasteiger partial charge in [0.05, 0.1) is 17.3 Å². The summed E-state index contributed by atoms with van der Waals surface area (Å²) in [5.41, 5.74) is 1.29. The highest BCUT2D eigenvalue weighted by Gasteiger charge is 2.26. The number of rotatable bonds is 6. The molecule has 0 saturated heterocycles. The Labute approximate surface area is 176 Å². The van der Waals surface area contributed by atoms with Crippen LogP contribution in [0, 0.1) is 0 Å². The Morgan fingerprint density at radius 3 is 2.74 bits per heavy atom. The average molecular weight is 475 g/mol. The van der Waals surface area contributed by atoms with Gasteiger partial charge < -0.3 is 9.64 Å². The molecule has 27 heavy (non-hydrogen) atoms. The van der Waals surface area contributed by atoms with Gasteiger partial charge in [-0.2, -0.15) is 0 Å². The van der Waals surface area contributed by atoms with Crippen LogP contribution in [-0.2, 0) is 7.05 Å². The molecule has 1 amide bonds. The van der Waals surface area contributed by atoms with Gasteiger partial charge >= 0.3 is 0 Å². The molecule has 0 atom stereocenters. The Morgan fingerprint density at radius 1 is 1.33 bits per heavy atom. The molecule has 0 fully saturated rings. The molecular formula is C17H21BrClN5O2S. The van der Waals surface area contributed by atoms with Crippen LogP contribution < -0.4 is 9.64 Å². The first-order valence-electron chi connectivity index (χ1n) is 7.99. The SMILES string of the molecule is COc1nn(C)cc1C(=O)N(CCN(C)C)c1nc2ccc(Br)cc2s1.Cl. The molecule has 10 heteroatoms. The number of thiazole rings is 1. The van der Waals surface area contributed by atoms with Gasteiger partial charge in [0.15, 0.2) is 5.13 Å². The van der Waals surface area contributed by atoms with Crippen molar-refractivity contribution in [1.82, 2.24) is 19.7 Å². The molecule has 0 N–H and O–H groups in total. The maximum atomic E-state index is 13.2. The Morgan fingerprint density at radius 2 is 2.07 bits per heavy atom. The highest BCUT2D eigenvalue weighted by molar-refractivity contribution is 9.10. The highest BCUT2D eigenvalue weighted by atomic mass is 79.9. The minimum absolute atomic E-state index is 0. The van der Waals surface area contributed by atoms with Crippen LogP contribution in [0.15, 0.2) is 28.9 Å². The molecule has 7 nitrogen and oxygen atoms in total. The second-order valence-corrected chi connectivity index (χ2v) is 8.02. The summed E-state index contributed by atoms with van der Waals surface area (Å²) in [4.78, 5) is 21.6. The zero-order chi connectivity index (χ0) is 18.8. The van der Waals surface area contributed by atoms with Crippen LogP contribution in [0.4, 0.5) is 5.13 Å². The average Bonchev–Trinajstić information content (AvgIpc) is 3.17. The van der Waals surface area contributed by atoms with E-state index in [1.54, 1.807) is 22.8 Å². The minimum Gasteiger partial charge on any atom is -0.479 e. The van der Waals surface area contributed by atoms with Crippen LogP contribution in [0.3, 0.4) is 0 Å². The fourth-order valence-electron chi connectivity index (χ4n) is 2.50. The summed E-state index contributed by atoms with van der Waals surface area (Å²) >= 11 is 4.97. The predicted molar refractivity (Wildman–Crippen MR) is 115 cm³/mol. The number of hydrogen-bond donors (Lipinski definition) is 0. The van der Waals surface area contributed by atoms with Crippen LogP contribution in [-0.4, -0.2) is 59.9 Å². The fourth-order valence-corrected chi connectivity index (χ4v) is 4.04. The molecule has 0 aliphatic carbocycles. The van der Waals surface area contributed by atoms with E-state index in [9.17, 15) is 4.79 Å². The second-order valence-electron chi connectivity index (χ2n) is 6.09. The summed E-state index contributed by atoms with van der Waals surface area (Å²) in [6.45, 7) is 1.23. The van der Waals surface area contributed by atoms with Crippen molar-refractivity contribution in [3.63, 3.8) is 0 Å². The minimum atomic E-state index is -0.171. The van der Waals surface area contributed by atoms with E-state index < -0.39 is 0 Å². The van der Waals surface area contributed by atoms with E-state index in [2.05, 4.69) is 26.0 Å². The van der Waals surface area contributed by atoms with E-state index >= 15 is 0 Å². The van der Waals surface area contributed by atoms with Crippen LogP contribution in [0.2, 0.25) is 0 Å². The molecule has 2 heterocycles. The molecule has 0 saturated carbocycles. The van der Waals surface area contributed by atoms with Crippen molar-refractivity contribution in [2.45, 2.75) is 0 Å². The second kappa shape index (κ2) is 9.01. The number of hydrogen-bond acceptors (Lipinski definition) is 6. The summed E-state index contributed by atoms with van der Waals surface area (Å²) in [5, 5.41) is 4.85. The van der Waals surface area contributed by atoms with E-state index in [1.165, 1.54) is 18.4 Å². The van der Waals surface area contributed by atoms with Crippen LogP contribution >= 0.6 is 39.7 Å². The van der Waals surface area contributed by atoms with Crippen molar-refractivity contribution in [2.24, 2.45) is 7.05 Å². The maximum absolute atomic E-state index is 13.2. The van der Waals surface area contributed by atoms with Gasteiger partial charge in [0.1, 0.15) is 5.56 Å². The number of methoxy groups -OCH3 is 1. The van der Waals surface area contributed by atoms with E-state index in [-0.39, 0.29) is 18.3 Å². The predicted octanol–water partition coefficient (Wildman–Crippen LogP) is 3.43. The summed E-state index contributed by atoms with van der Waals surface area (Å²) < 4.78 is 8.85. The zero-order valence-corrected chi connectivity index (χ0v) is 18.7. The number of benzene rings is 1. The lowest BCUT2D eigenvalue weighted by atomic mass is 10.3. The number of anilines is 1. The summed E-state index contributed by atoms with van der Waals surface area (Å²) in [6, 6.07) is 5.90. The monoisotopic (exact) mass is 473 g/mol. The topological polar surface area (TPSA) is 63.5 Å². The summed E-state index contributed by atoms with van der Waals surface area (Å²) in [6.07, 6.45) is 1.67. The quantitative estimate of drug-likeness (QED) is 0.548. The molecule has 0 spiro atoms. The Kier molecular flexibility index (Phi) is 7.21. The van der Waals surface area contributed by atoms with E-state index in [0.717, 1.165) is 14.7 Å². The molecule has 0 bridgehead atoms. The van der Waals surface area contributed by atoms with Crippen molar-refractivity contribution in [1.29, 1.82) is 0 Å².